The van der Waals surface area contributed by atoms with E-state index in [1.807, 2.05) is 37.7 Å². The van der Waals surface area contributed by atoms with Gasteiger partial charge in [0, 0.05) is 24.0 Å². The maximum Gasteiger partial charge on any atom is 0.104 e. The normalized spacial score (nSPS) is 12.3. The minimum Gasteiger partial charge on any atom is -0.372 e. The number of ether oxygens (including phenoxy) is 1. The van der Waals surface area contributed by atoms with E-state index in [0.717, 1.165) is 21.1 Å². The highest BCUT2D eigenvalue weighted by molar-refractivity contribution is 9.10. The lowest BCUT2D eigenvalue weighted by Crippen LogP contribution is -2.23. The Morgan fingerprint density at radius 3 is 2.69 bits per heavy atom. The van der Waals surface area contributed by atoms with E-state index in [4.69, 9.17) is 4.74 Å². The number of hydrogen-bond donors (Lipinski definition) is 0. The molecular weight excluding hydrogens is 268 g/mol. The fourth-order valence-electron chi connectivity index (χ4n) is 1.98. The van der Waals surface area contributed by atoms with Gasteiger partial charge >= 0.3 is 0 Å². The monoisotopic (exact) mass is 282 g/mol. The number of benzene rings is 1. The van der Waals surface area contributed by atoms with Crippen LogP contribution in [0.4, 0.5) is 0 Å². The van der Waals surface area contributed by atoms with E-state index in [1.54, 1.807) is 7.11 Å². The maximum atomic E-state index is 5.53. The van der Waals surface area contributed by atoms with Crippen LogP contribution in [0.3, 0.4) is 0 Å². The number of aromatic nitrogens is 2. The molecule has 86 valence electrons. The van der Waals surface area contributed by atoms with Crippen molar-refractivity contribution in [3.63, 3.8) is 0 Å². The first-order valence-electron chi connectivity index (χ1n) is 5.13. The molecule has 0 amide bonds. The molecule has 3 nitrogen and oxygen atoms in total. The van der Waals surface area contributed by atoms with Crippen LogP contribution in [0.25, 0.3) is 10.9 Å². The summed E-state index contributed by atoms with van der Waals surface area (Å²) in [5.41, 5.74) is 1.74. The van der Waals surface area contributed by atoms with Gasteiger partial charge in [0.2, 0.25) is 0 Å². The topological polar surface area (TPSA) is 27.1 Å². The molecule has 2 aromatic rings. The van der Waals surface area contributed by atoms with Gasteiger partial charge in [0.1, 0.15) is 5.60 Å². The molecule has 0 saturated carbocycles. The van der Waals surface area contributed by atoms with E-state index in [2.05, 4.69) is 27.1 Å². The Hall–Kier alpha value is -0.870. The molecule has 0 atom stereocenters. The van der Waals surface area contributed by atoms with E-state index in [1.165, 1.54) is 0 Å². The third-order valence-corrected chi connectivity index (χ3v) is 3.37. The van der Waals surface area contributed by atoms with Crippen LogP contribution in [0, 0.1) is 0 Å². The van der Waals surface area contributed by atoms with Crippen molar-refractivity contribution in [1.82, 2.24) is 9.78 Å². The van der Waals surface area contributed by atoms with Crippen molar-refractivity contribution in [3.05, 3.63) is 28.4 Å². The third-order valence-electron chi connectivity index (χ3n) is 2.88. The van der Waals surface area contributed by atoms with Crippen molar-refractivity contribution < 1.29 is 4.74 Å². The molecule has 1 heterocycles. The van der Waals surface area contributed by atoms with Crippen molar-refractivity contribution in [2.75, 3.05) is 7.11 Å². The zero-order chi connectivity index (χ0) is 11.9. The Bertz CT molecular complexity index is 531. The molecule has 0 aliphatic heterocycles. The molecule has 0 aliphatic carbocycles. The number of nitrogens with zero attached hydrogens (tertiary/aromatic N) is 2. The smallest absolute Gasteiger partial charge is 0.104 e. The van der Waals surface area contributed by atoms with Crippen LogP contribution in [-0.4, -0.2) is 16.9 Å². The highest BCUT2D eigenvalue weighted by Crippen LogP contribution is 2.31. The van der Waals surface area contributed by atoms with Gasteiger partial charge in [-0.2, -0.15) is 5.10 Å². The number of methoxy groups -OCH3 is 1. The number of halogens is 1. The number of rotatable bonds is 2. The van der Waals surface area contributed by atoms with Gasteiger partial charge in [-0.3, -0.25) is 4.68 Å². The highest BCUT2D eigenvalue weighted by Gasteiger charge is 2.26. The summed E-state index contributed by atoms with van der Waals surface area (Å²) < 4.78 is 8.48. The predicted octanol–water partition coefficient (Wildman–Crippen LogP) is 3.22. The summed E-state index contributed by atoms with van der Waals surface area (Å²) in [4.78, 5) is 0. The average Bonchev–Trinajstić information content (AvgIpc) is 2.54. The molecule has 0 radical (unpaired) electrons. The summed E-state index contributed by atoms with van der Waals surface area (Å²) in [5, 5.41) is 5.61. The predicted molar refractivity (Wildman–Crippen MR) is 68.4 cm³/mol. The van der Waals surface area contributed by atoms with E-state index >= 15 is 0 Å². The van der Waals surface area contributed by atoms with E-state index in [9.17, 15) is 0 Å². The minimum atomic E-state index is -0.343. The van der Waals surface area contributed by atoms with Gasteiger partial charge in [-0.25, -0.2) is 0 Å². The Morgan fingerprint density at radius 2 is 2.06 bits per heavy atom. The van der Waals surface area contributed by atoms with Crippen LogP contribution >= 0.6 is 15.9 Å². The Balaban J connectivity index is 2.77. The number of aryl methyl sites for hydroxylation is 1. The van der Waals surface area contributed by atoms with E-state index < -0.39 is 0 Å². The Morgan fingerprint density at radius 1 is 1.38 bits per heavy atom. The first kappa shape index (κ1) is 11.6. The van der Waals surface area contributed by atoms with Crippen molar-refractivity contribution in [2.45, 2.75) is 19.4 Å². The van der Waals surface area contributed by atoms with Gasteiger partial charge in [0.15, 0.2) is 0 Å². The van der Waals surface area contributed by atoms with Gasteiger partial charge in [0.25, 0.3) is 0 Å². The Kier molecular flexibility index (Phi) is 2.80. The lowest BCUT2D eigenvalue weighted by atomic mass is 10.0. The summed E-state index contributed by atoms with van der Waals surface area (Å²) >= 11 is 3.49. The molecule has 16 heavy (non-hydrogen) atoms. The lowest BCUT2D eigenvalue weighted by Gasteiger charge is -2.23. The van der Waals surface area contributed by atoms with Crippen LogP contribution in [0.2, 0.25) is 0 Å². The van der Waals surface area contributed by atoms with Crippen molar-refractivity contribution in [2.24, 2.45) is 7.05 Å². The summed E-state index contributed by atoms with van der Waals surface area (Å²) in [7, 11) is 3.67. The van der Waals surface area contributed by atoms with Crippen LogP contribution < -0.4 is 0 Å². The van der Waals surface area contributed by atoms with Gasteiger partial charge in [-0.05, 0) is 32.0 Å². The van der Waals surface area contributed by atoms with Gasteiger partial charge in [0.05, 0.1) is 11.2 Å². The van der Waals surface area contributed by atoms with Crippen molar-refractivity contribution >= 4 is 26.8 Å². The summed E-state index contributed by atoms with van der Waals surface area (Å²) in [5.74, 6) is 0. The third kappa shape index (κ3) is 1.76. The molecule has 0 unspecified atom stereocenters. The van der Waals surface area contributed by atoms with Crippen molar-refractivity contribution in [1.29, 1.82) is 0 Å². The van der Waals surface area contributed by atoms with Gasteiger partial charge < -0.3 is 4.74 Å². The SMILES string of the molecule is COC(C)(C)c1c2cc(Br)ccc2nn1C. The zero-order valence-electron chi connectivity index (χ0n) is 9.91. The van der Waals surface area contributed by atoms with Gasteiger partial charge in [-0.1, -0.05) is 15.9 Å². The van der Waals surface area contributed by atoms with Crippen molar-refractivity contribution in [3.8, 4) is 0 Å². The average molecular weight is 283 g/mol. The summed E-state index contributed by atoms with van der Waals surface area (Å²) in [6.07, 6.45) is 0. The number of hydrogen-bond acceptors (Lipinski definition) is 2. The maximum absolute atomic E-state index is 5.53. The highest BCUT2D eigenvalue weighted by atomic mass is 79.9. The number of fused-ring (bicyclic) bond motifs is 1. The van der Waals surface area contributed by atoms with E-state index in [0.29, 0.717) is 0 Å². The fraction of sp³-hybridized carbons (Fsp3) is 0.417. The molecule has 4 heteroatoms. The lowest BCUT2D eigenvalue weighted by molar-refractivity contribution is 0.0136. The Labute approximate surface area is 104 Å². The second kappa shape index (κ2) is 3.86. The second-order valence-electron chi connectivity index (χ2n) is 4.35. The van der Waals surface area contributed by atoms with Crippen LogP contribution in [0.5, 0.6) is 0 Å². The molecule has 0 spiro atoms. The zero-order valence-corrected chi connectivity index (χ0v) is 11.5. The molecule has 0 aliphatic rings. The quantitative estimate of drug-likeness (QED) is 0.846. The standard InChI is InChI=1S/C12H15BrN2O/c1-12(2,16-4)11-9-7-8(13)5-6-10(9)14-15(11)3/h5-7H,1-4H3. The van der Waals surface area contributed by atoms with Gasteiger partial charge in [-0.15, -0.1) is 0 Å². The summed E-state index contributed by atoms with van der Waals surface area (Å²) in [6.45, 7) is 4.09. The van der Waals surface area contributed by atoms with E-state index in [-0.39, 0.29) is 5.60 Å². The summed E-state index contributed by atoms with van der Waals surface area (Å²) in [6, 6.07) is 6.09. The second-order valence-corrected chi connectivity index (χ2v) is 5.26. The molecule has 1 aromatic carbocycles. The fourth-order valence-corrected chi connectivity index (χ4v) is 2.34. The molecule has 2 rings (SSSR count). The molecular formula is C12H15BrN2O. The molecule has 0 bridgehead atoms. The van der Waals surface area contributed by atoms with Crippen LogP contribution in [0.15, 0.2) is 22.7 Å². The molecule has 1 aromatic heterocycles. The molecule has 0 fully saturated rings. The first-order chi connectivity index (χ1) is 7.45. The van der Waals surface area contributed by atoms with Crippen LogP contribution in [-0.2, 0) is 17.4 Å². The van der Waals surface area contributed by atoms with Crippen LogP contribution in [0.1, 0.15) is 19.5 Å². The molecule has 0 saturated heterocycles. The molecule has 0 N–H and O–H groups in total. The largest absolute Gasteiger partial charge is 0.372 e. The minimum absolute atomic E-state index is 0.343. The first-order valence-corrected chi connectivity index (χ1v) is 5.93.